The maximum atomic E-state index is 13.6. The third-order valence-corrected chi connectivity index (χ3v) is 7.18. The van der Waals surface area contributed by atoms with Crippen molar-refractivity contribution in [1.82, 2.24) is 15.0 Å². The van der Waals surface area contributed by atoms with Gasteiger partial charge < -0.3 is 14.5 Å². The Balaban J connectivity index is 1.59. The Bertz CT molecular complexity index is 704. The van der Waals surface area contributed by atoms with Gasteiger partial charge in [-0.3, -0.25) is 4.79 Å². The molecule has 6 nitrogen and oxygen atoms in total. The number of carbonyl (C=O) groups excluding carboxylic acids is 1. The molecule has 0 unspecified atom stereocenters. The molecule has 4 bridgehead atoms. The second-order valence-electron chi connectivity index (χ2n) is 9.14. The number of aliphatic hydroxyl groups is 1. The van der Waals surface area contributed by atoms with Crippen LogP contribution in [0.15, 0.2) is 4.52 Å². The maximum absolute atomic E-state index is 13.6. The molecule has 5 rings (SSSR count). The lowest BCUT2D eigenvalue weighted by atomic mass is 9.42. The van der Waals surface area contributed by atoms with Crippen LogP contribution in [0.4, 0.5) is 0 Å². The Hall–Kier alpha value is -1.43. The van der Waals surface area contributed by atoms with Gasteiger partial charge in [0.1, 0.15) is 0 Å². The van der Waals surface area contributed by atoms with Crippen molar-refractivity contribution in [3.05, 3.63) is 11.7 Å². The number of amides is 1. The summed E-state index contributed by atoms with van der Waals surface area (Å²) < 4.78 is 5.31. The zero-order valence-electron chi connectivity index (χ0n) is 16.3. The molecule has 26 heavy (non-hydrogen) atoms. The molecular weight excluding hydrogens is 330 g/mol. The second-order valence-corrected chi connectivity index (χ2v) is 9.14. The monoisotopic (exact) mass is 361 g/mol. The van der Waals surface area contributed by atoms with Gasteiger partial charge in [0.05, 0.1) is 17.6 Å². The fourth-order valence-corrected chi connectivity index (χ4v) is 6.54. The molecule has 0 saturated heterocycles. The van der Waals surface area contributed by atoms with Crippen molar-refractivity contribution < 1.29 is 14.4 Å². The van der Waals surface area contributed by atoms with Crippen LogP contribution in [0.25, 0.3) is 0 Å². The topological polar surface area (TPSA) is 79.5 Å². The van der Waals surface area contributed by atoms with Gasteiger partial charge in [-0.1, -0.05) is 25.4 Å². The number of aryl methyl sites for hydroxylation is 1. The van der Waals surface area contributed by atoms with Crippen LogP contribution in [0.1, 0.15) is 77.4 Å². The van der Waals surface area contributed by atoms with Crippen molar-refractivity contribution in [3.63, 3.8) is 0 Å². The molecule has 1 amide bonds. The third kappa shape index (κ3) is 2.77. The van der Waals surface area contributed by atoms with Crippen molar-refractivity contribution >= 4 is 5.91 Å². The summed E-state index contributed by atoms with van der Waals surface area (Å²) in [5.41, 5.74) is -0.915. The van der Waals surface area contributed by atoms with Crippen LogP contribution < -0.4 is 0 Å². The predicted octanol–water partition coefficient (Wildman–Crippen LogP) is 3.09. The lowest BCUT2D eigenvalue weighted by Crippen LogP contribution is -2.64. The molecule has 1 heterocycles. The molecule has 0 aliphatic heterocycles. The Morgan fingerprint density at radius 3 is 2.65 bits per heavy atom. The van der Waals surface area contributed by atoms with E-state index in [1.54, 1.807) is 0 Å². The summed E-state index contributed by atoms with van der Waals surface area (Å²) in [4.78, 5) is 19.9. The Morgan fingerprint density at radius 2 is 2.04 bits per heavy atom. The number of carbonyl (C=O) groups is 1. The SMILES string of the molecule is CCc1noc(CN(CC)C(=O)[C@]23C[C@H]4C[C@@](O)(C[C@@](CC)(C4)C2)C3)n1. The predicted molar refractivity (Wildman–Crippen MR) is 96.1 cm³/mol. The number of nitrogens with zero attached hydrogens (tertiary/aromatic N) is 3. The van der Waals surface area contributed by atoms with E-state index in [0.29, 0.717) is 37.1 Å². The van der Waals surface area contributed by atoms with Gasteiger partial charge >= 0.3 is 0 Å². The zero-order chi connectivity index (χ0) is 18.6. The summed E-state index contributed by atoms with van der Waals surface area (Å²) in [6, 6.07) is 0. The highest BCUT2D eigenvalue weighted by Gasteiger charge is 2.65. The average Bonchev–Trinajstić information content (AvgIpc) is 3.04. The maximum Gasteiger partial charge on any atom is 0.246 e. The summed E-state index contributed by atoms with van der Waals surface area (Å²) in [7, 11) is 0. The van der Waals surface area contributed by atoms with Crippen LogP contribution in [-0.4, -0.2) is 38.2 Å². The highest BCUT2D eigenvalue weighted by Crippen LogP contribution is 2.68. The molecule has 1 aromatic heterocycles. The van der Waals surface area contributed by atoms with Gasteiger partial charge in [-0.2, -0.15) is 4.98 Å². The molecular formula is C20H31N3O3. The number of rotatable bonds is 6. The number of hydrogen-bond donors (Lipinski definition) is 1. The minimum atomic E-state index is -0.648. The summed E-state index contributed by atoms with van der Waals surface area (Å²) in [6.45, 7) is 7.19. The van der Waals surface area contributed by atoms with Crippen molar-refractivity contribution in [2.75, 3.05) is 6.54 Å². The van der Waals surface area contributed by atoms with E-state index in [1.165, 1.54) is 6.42 Å². The first-order valence-electron chi connectivity index (χ1n) is 10.2. The number of aromatic nitrogens is 2. The molecule has 4 saturated carbocycles. The van der Waals surface area contributed by atoms with Crippen molar-refractivity contribution in [3.8, 4) is 0 Å². The molecule has 4 atom stereocenters. The van der Waals surface area contributed by atoms with Gasteiger partial charge in [-0.25, -0.2) is 0 Å². The first-order chi connectivity index (χ1) is 12.3. The van der Waals surface area contributed by atoms with E-state index in [1.807, 2.05) is 18.7 Å². The molecule has 4 aliphatic rings. The molecule has 0 aromatic carbocycles. The van der Waals surface area contributed by atoms with Gasteiger partial charge in [0, 0.05) is 13.0 Å². The molecule has 1 N–H and O–H groups in total. The minimum absolute atomic E-state index is 0.142. The quantitative estimate of drug-likeness (QED) is 0.842. The molecule has 0 radical (unpaired) electrons. The molecule has 4 aliphatic carbocycles. The molecule has 1 aromatic rings. The zero-order valence-corrected chi connectivity index (χ0v) is 16.3. The van der Waals surface area contributed by atoms with E-state index in [-0.39, 0.29) is 11.3 Å². The molecule has 6 heteroatoms. The normalized spacial score (nSPS) is 37.9. The number of hydrogen-bond acceptors (Lipinski definition) is 5. The first kappa shape index (κ1) is 18.0. The van der Waals surface area contributed by atoms with Gasteiger partial charge in [0.15, 0.2) is 5.82 Å². The first-order valence-corrected chi connectivity index (χ1v) is 10.2. The van der Waals surface area contributed by atoms with Crippen LogP contribution in [0.5, 0.6) is 0 Å². The van der Waals surface area contributed by atoms with E-state index in [0.717, 1.165) is 38.5 Å². The molecule has 4 fully saturated rings. The van der Waals surface area contributed by atoms with Crippen molar-refractivity contribution in [2.45, 2.75) is 84.3 Å². The minimum Gasteiger partial charge on any atom is -0.390 e. The highest BCUT2D eigenvalue weighted by atomic mass is 16.5. The lowest BCUT2D eigenvalue weighted by Gasteiger charge is -2.64. The van der Waals surface area contributed by atoms with Crippen molar-refractivity contribution in [2.24, 2.45) is 16.7 Å². The fraction of sp³-hybridized carbons (Fsp3) is 0.850. The Morgan fingerprint density at radius 1 is 1.23 bits per heavy atom. The van der Waals surface area contributed by atoms with E-state index < -0.39 is 11.0 Å². The van der Waals surface area contributed by atoms with E-state index in [2.05, 4.69) is 17.1 Å². The third-order valence-electron chi connectivity index (χ3n) is 7.18. The van der Waals surface area contributed by atoms with Crippen molar-refractivity contribution in [1.29, 1.82) is 0 Å². The van der Waals surface area contributed by atoms with E-state index in [4.69, 9.17) is 4.52 Å². The van der Waals surface area contributed by atoms with E-state index in [9.17, 15) is 9.90 Å². The fourth-order valence-electron chi connectivity index (χ4n) is 6.54. The van der Waals surface area contributed by atoms with Gasteiger partial charge in [-0.15, -0.1) is 0 Å². The summed E-state index contributed by atoms with van der Waals surface area (Å²) >= 11 is 0. The second kappa shape index (κ2) is 6.04. The Kier molecular flexibility index (Phi) is 4.17. The van der Waals surface area contributed by atoms with Gasteiger partial charge in [0.25, 0.3) is 0 Å². The van der Waals surface area contributed by atoms with Crippen LogP contribution in [0, 0.1) is 16.7 Å². The van der Waals surface area contributed by atoms with E-state index >= 15 is 0 Å². The van der Waals surface area contributed by atoms with Crippen LogP contribution in [0.2, 0.25) is 0 Å². The summed E-state index contributed by atoms with van der Waals surface area (Å²) in [6.07, 6.45) is 7.17. The highest BCUT2D eigenvalue weighted by molar-refractivity contribution is 5.83. The smallest absolute Gasteiger partial charge is 0.246 e. The molecule has 144 valence electrons. The van der Waals surface area contributed by atoms with Crippen LogP contribution in [0.3, 0.4) is 0 Å². The van der Waals surface area contributed by atoms with Crippen LogP contribution in [-0.2, 0) is 17.8 Å². The molecule has 0 spiro atoms. The largest absolute Gasteiger partial charge is 0.390 e. The van der Waals surface area contributed by atoms with Gasteiger partial charge in [0.2, 0.25) is 11.8 Å². The Labute approximate surface area is 155 Å². The summed E-state index contributed by atoms with van der Waals surface area (Å²) in [5.74, 6) is 1.84. The van der Waals surface area contributed by atoms with Gasteiger partial charge in [-0.05, 0) is 56.8 Å². The lowest BCUT2D eigenvalue weighted by molar-refractivity contribution is -0.210. The van der Waals surface area contributed by atoms with Crippen LogP contribution >= 0.6 is 0 Å². The summed E-state index contributed by atoms with van der Waals surface area (Å²) in [5, 5.41) is 15.1. The standard InChI is InChI=1S/C20H31N3O3/c1-4-15-21-16(26-22-15)10-23(6-3)17(24)19-8-14-7-18(5-2,11-19)12-20(25,9-14)13-19/h14,25H,4-13H2,1-3H3/t14-,18-,19+,20+/m0/s1. The average molecular weight is 361 g/mol.